The van der Waals surface area contributed by atoms with E-state index in [9.17, 15) is 4.39 Å². The van der Waals surface area contributed by atoms with Crippen LogP contribution >= 0.6 is 0 Å². The van der Waals surface area contributed by atoms with Gasteiger partial charge in [-0.3, -0.25) is 4.98 Å². The Morgan fingerprint density at radius 1 is 1.03 bits per heavy atom. The van der Waals surface area contributed by atoms with Crippen molar-refractivity contribution in [1.29, 1.82) is 0 Å². The van der Waals surface area contributed by atoms with Crippen molar-refractivity contribution in [3.05, 3.63) is 77.7 Å². The zero-order valence-corrected chi connectivity index (χ0v) is 17.0. The molecule has 5 nitrogen and oxygen atoms in total. The highest BCUT2D eigenvalue weighted by molar-refractivity contribution is 5.93. The van der Waals surface area contributed by atoms with Gasteiger partial charge in [-0.25, -0.2) is 14.4 Å². The van der Waals surface area contributed by atoms with Crippen LogP contribution in [0.4, 0.5) is 15.9 Å². The third-order valence-corrected chi connectivity index (χ3v) is 4.83. The number of hydrogen-bond donors (Lipinski definition) is 1. The maximum absolute atomic E-state index is 12.8. The molecule has 2 aromatic heterocycles. The van der Waals surface area contributed by atoms with Gasteiger partial charge >= 0.3 is 0 Å². The second-order valence-electron chi connectivity index (χ2n) is 6.98. The summed E-state index contributed by atoms with van der Waals surface area (Å²) in [5, 5.41) is 4.23. The van der Waals surface area contributed by atoms with Crippen molar-refractivity contribution in [2.24, 2.45) is 0 Å². The van der Waals surface area contributed by atoms with Crippen LogP contribution in [0.25, 0.3) is 22.2 Å². The zero-order valence-electron chi connectivity index (χ0n) is 17.0. The van der Waals surface area contributed by atoms with Gasteiger partial charge in [0.05, 0.1) is 11.2 Å². The maximum Gasteiger partial charge on any atom is 0.157 e. The first-order chi connectivity index (χ1) is 14.7. The molecular weight excluding hydrogens is 379 g/mol. The van der Waals surface area contributed by atoms with Gasteiger partial charge in [-0.15, -0.1) is 0 Å². The number of aryl methyl sites for hydroxylation is 1. The fourth-order valence-corrected chi connectivity index (χ4v) is 3.28. The summed E-state index contributed by atoms with van der Waals surface area (Å²) in [7, 11) is 0. The Kier molecular flexibility index (Phi) is 5.95. The predicted molar refractivity (Wildman–Crippen MR) is 117 cm³/mol. The van der Waals surface area contributed by atoms with Crippen LogP contribution in [-0.4, -0.2) is 21.6 Å². The van der Waals surface area contributed by atoms with Gasteiger partial charge in [-0.2, -0.15) is 0 Å². The molecule has 0 aliphatic rings. The fraction of sp³-hybridized carbons (Fsp3) is 0.208. The number of benzene rings is 2. The Morgan fingerprint density at radius 3 is 2.60 bits per heavy atom. The Bertz CT molecular complexity index is 1160. The van der Waals surface area contributed by atoms with E-state index in [0.29, 0.717) is 30.4 Å². The third kappa shape index (κ3) is 4.28. The summed E-state index contributed by atoms with van der Waals surface area (Å²) < 4.78 is 18.3. The van der Waals surface area contributed by atoms with Crippen LogP contribution in [0.2, 0.25) is 0 Å². The number of hydrogen-bond acceptors (Lipinski definition) is 5. The van der Waals surface area contributed by atoms with Gasteiger partial charge in [-0.05, 0) is 55.3 Å². The number of halogens is 1. The van der Waals surface area contributed by atoms with Crippen molar-refractivity contribution in [3.8, 4) is 11.3 Å². The molecular formula is C24H23FN4O. The summed E-state index contributed by atoms with van der Waals surface area (Å²) in [5.41, 5.74) is 5.32. The summed E-state index contributed by atoms with van der Waals surface area (Å²) >= 11 is 0. The van der Waals surface area contributed by atoms with Crippen LogP contribution in [-0.2, 0) is 18.0 Å². The zero-order chi connectivity index (χ0) is 20.9. The molecule has 0 fully saturated rings. The lowest BCUT2D eigenvalue weighted by Gasteiger charge is -2.13. The molecule has 0 spiro atoms. The third-order valence-electron chi connectivity index (χ3n) is 4.83. The van der Waals surface area contributed by atoms with E-state index in [0.717, 1.165) is 33.4 Å². The number of fused-ring (bicyclic) bond motifs is 1. The van der Waals surface area contributed by atoms with Gasteiger partial charge in [0.2, 0.25) is 0 Å². The number of alkyl halides is 1. The molecule has 0 saturated heterocycles. The quantitative estimate of drug-likeness (QED) is 0.426. The number of aromatic nitrogens is 3. The van der Waals surface area contributed by atoms with E-state index in [1.165, 1.54) is 0 Å². The highest BCUT2D eigenvalue weighted by Crippen LogP contribution is 2.29. The van der Waals surface area contributed by atoms with Gasteiger partial charge in [0.1, 0.15) is 19.1 Å². The number of anilines is 2. The van der Waals surface area contributed by atoms with Gasteiger partial charge in [0.15, 0.2) is 5.82 Å². The first-order valence-electron chi connectivity index (χ1n) is 9.90. The lowest BCUT2D eigenvalue weighted by atomic mass is 10.0. The van der Waals surface area contributed by atoms with E-state index in [2.05, 4.69) is 15.3 Å². The van der Waals surface area contributed by atoms with E-state index < -0.39 is 6.67 Å². The molecule has 0 aliphatic carbocycles. The standard InChI is InChI=1S/C24H23FN4O/c1-3-30-15-22-28-21-13-18(23-16(2)5-4-12-26-23)8-11-20(21)24(29-22)27-19-9-6-17(14-25)7-10-19/h4-13H,3,14-15H2,1-2H3,(H,27,28,29). The second kappa shape index (κ2) is 8.97. The van der Waals surface area contributed by atoms with Crippen LogP contribution < -0.4 is 5.32 Å². The molecule has 0 unspecified atom stereocenters. The van der Waals surface area contributed by atoms with Gasteiger partial charge < -0.3 is 10.1 Å². The van der Waals surface area contributed by atoms with E-state index in [-0.39, 0.29) is 0 Å². The molecule has 152 valence electrons. The monoisotopic (exact) mass is 402 g/mol. The molecule has 2 aromatic carbocycles. The lowest BCUT2D eigenvalue weighted by Crippen LogP contribution is -2.04. The molecule has 6 heteroatoms. The van der Waals surface area contributed by atoms with Crippen LogP contribution in [0, 0.1) is 6.92 Å². The summed E-state index contributed by atoms with van der Waals surface area (Å²) in [5.74, 6) is 1.29. The molecule has 1 N–H and O–H groups in total. The molecule has 2 heterocycles. The average Bonchev–Trinajstić information content (AvgIpc) is 2.78. The Morgan fingerprint density at radius 2 is 1.87 bits per heavy atom. The van der Waals surface area contributed by atoms with Gasteiger partial charge in [0.25, 0.3) is 0 Å². The Balaban J connectivity index is 1.78. The van der Waals surface area contributed by atoms with Crippen molar-refractivity contribution >= 4 is 22.4 Å². The van der Waals surface area contributed by atoms with E-state index in [4.69, 9.17) is 9.72 Å². The molecule has 0 saturated carbocycles. The molecule has 0 aliphatic heterocycles. The van der Waals surface area contributed by atoms with Crippen LogP contribution in [0.1, 0.15) is 23.9 Å². The van der Waals surface area contributed by atoms with E-state index in [1.807, 2.05) is 56.3 Å². The lowest BCUT2D eigenvalue weighted by molar-refractivity contribution is 0.128. The SMILES string of the molecule is CCOCc1nc(Nc2ccc(CF)cc2)c2ccc(-c3ncccc3C)cc2n1. The van der Waals surface area contributed by atoms with Crippen molar-refractivity contribution in [1.82, 2.24) is 15.0 Å². The molecule has 4 rings (SSSR count). The number of pyridine rings is 1. The first-order valence-corrected chi connectivity index (χ1v) is 9.90. The summed E-state index contributed by atoms with van der Waals surface area (Å²) in [6.45, 7) is 4.41. The fourth-order valence-electron chi connectivity index (χ4n) is 3.28. The highest BCUT2D eigenvalue weighted by atomic mass is 19.1. The minimum Gasteiger partial charge on any atom is -0.374 e. The molecule has 0 atom stereocenters. The van der Waals surface area contributed by atoms with E-state index >= 15 is 0 Å². The van der Waals surface area contributed by atoms with Crippen molar-refractivity contribution < 1.29 is 9.13 Å². The summed E-state index contributed by atoms with van der Waals surface area (Å²) in [6, 6.07) is 17.2. The van der Waals surface area contributed by atoms with Gasteiger partial charge in [-0.1, -0.05) is 24.3 Å². The number of nitrogens with zero attached hydrogens (tertiary/aromatic N) is 3. The predicted octanol–water partition coefficient (Wildman–Crippen LogP) is 5.75. The minimum atomic E-state index is -0.481. The van der Waals surface area contributed by atoms with Gasteiger partial charge in [0, 0.05) is 29.4 Å². The minimum absolute atomic E-state index is 0.328. The van der Waals surface area contributed by atoms with Crippen molar-refractivity contribution in [2.75, 3.05) is 11.9 Å². The van der Waals surface area contributed by atoms with E-state index in [1.54, 1.807) is 18.3 Å². The molecule has 0 radical (unpaired) electrons. The molecule has 4 aromatic rings. The Hall–Kier alpha value is -3.38. The van der Waals surface area contributed by atoms with Crippen LogP contribution in [0.15, 0.2) is 60.8 Å². The average molecular weight is 402 g/mol. The maximum atomic E-state index is 12.8. The number of rotatable bonds is 7. The normalized spacial score (nSPS) is 11.0. The molecule has 0 bridgehead atoms. The second-order valence-corrected chi connectivity index (χ2v) is 6.98. The largest absolute Gasteiger partial charge is 0.374 e. The summed E-state index contributed by atoms with van der Waals surface area (Å²) in [4.78, 5) is 13.9. The summed E-state index contributed by atoms with van der Waals surface area (Å²) in [6.07, 6.45) is 1.79. The smallest absolute Gasteiger partial charge is 0.157 e. The Labute approximate surface area is 175 Å². The van der Waals surface area contributed by atoms with Crippen LogP contribution in [0.5, 0.6) is 0 Å². The molecule has 30 heavy (non-hydrogen) atoms. The highest BCUT2D eigenvalue weighted by Gasteiger charge is 2.11. The molecule has 0 amide bonds. The van der Waals surface area contributed by atoms with Crippen molar-refractivity contribution in [3.63, 3.8) is 0 Å². The van der Waals surface area contributed by atoms with Crippen LogP contribution in [0.3, 0.4) is 0 Å². The number of ether oxygens (including phenoxy) is 1. The van der Waals surface area contributed by atoms with Crippen molar-refractivity contribution in [2.45, 2.75) is 27.1 Å². The first kappa shape index (κ1) is 19.9. The number of nitrogens with one attached hydrogen (secondary N) is 1. The topological polar surface area (TPSA) is 59.9 Å².